The molecule has 0 radical (unpaired) electrons. The van der Waals surface area contributed by atoms with Gasteiger partial charge in [-0.2, -0.15) is 0 Å². The van der Waals surface area contributed by atoms with Crippen molar-refractivity contribution in [1.82, 2.24) is 15.1 Å². The number of carbonyl (C=O) groups excluding carboxylic acids is 2. The van der Waals surface area contributed by atoms with Gasteiger partial charge in [-0.1, -0.05) is 30.3 Å². The molecule has 1 saturated heterocycles. The number of aliphatic carboxylic acids is 2. The van der Waals surface area contributed by atoms with Crippen molar-refractivity contribution in [2.75, 3.05) is 13.6 Å². The molecule has 0 spiro atoms. The van der Waals surface area contributed by atoms with E-state index in [4.69, 9.17) is 0 Å². The Morgan fingerprint density at radius 1 is 1.21 bits per heavy atom. The normalized spacial score (nSPS) is 18.4. The molecule has 3 amide bonds. The number of carbonyl (C=O) groups is 4. The van der Waals surface area contributed by atoms with Crippen molar-refractivity contribution in [2.45, 2.75) is 37.9 Å². The number of nitrogens with zero attached hydrogens (tertiary/aromatic N) is 2. The fourth-order valence-corrected chi connectivity index (χ4v) is 2.99. The second-order valence-electron chi connectivity index (χ2n) is 6.53. The number of hydrogen-bond acceptors (Lipinski definition) is 5. The molecule has 3 atom stereocenters. The molecule has 1 heterocycles. The second-order valence-corrected chi connectivity index (χ2v) is 6.53. The van der Waals surface area contributed by atoms with E-state index in [2.05, 4.69) is 5.32 Å². The van der Waals surface area contributed by atoms with Crippen LogP contribution in [0.15, 0.2) is 30.3 Å². The molecule has 148 valence electrons. The maximum atomic E-state index is 12.6. The molecular formula is C18H24N3NaO6. The number of benzene rings is 1. The van der Waals surface area contributed by atoms with E-state index in [-0.39, 0.29) is 42.5 Å². The molecule has 9 nitrogen and oxygen atoms in total. The zero-order chi connectivity index (χ0) is 20.1. The predicted molar refractivity (Wildman–Crippen MR) is 102 cm³/mol. The molecule has 2 rings (SSSR count). The third kappa shape index (κ3) is 5.78. The van der Waals surface area contributed by atoms with Crippen molar-refractivity contribution in [2.24, 2.45) is 0 Å². The van der Waals surface area contributed by atoms with Gasteiger partial charge in [-0.05, 0) is 25.3 Å². The SMILES string of the molecule is C[C@H](N[C@@H](CCc1ccccc1)C(=O)O)C(=O)N1C(=O)N(C)C[C@H]1C(=O)O.[NaH]. The van der Waals surface area contributed by atoms with Gasteiger partial charge in [0.2, 0.25) is 5.91 Å². The van der Waals surface area contributed by atoms with E-state index in [9.17, 15) is 29.4 Å². The van der Waals surface area contributed by atoms with E-state index in [1.54, 1.807) is 0 Å². The number of urea groups is 1. The van der Waals surface area contributed by atoms with E-state index < -0.39 is 42.0 Å². The van der Waals surface area contributed by atoms with Crippen LogP contribution < -0.4 is 5.32 Å². The first kappa shape index (κ1) is 24.1. The monoisotopic (exact) mass is 401 g/mol. The number of hydrogen-bond donors (Lipinski definition) is 3. The Labute approximate surface area is 185 Å². The Bertz CT molecular complexity index is 729. The summed E-state index contributed by atoms with van der Waals surface area (Å²) in [5.74, 6) is -3.17. The number of nitrogens with one attached hydrogen (secondary N) is 1. The predicted octanol–water partition coefficient (Wildman–Crippen LogP) is -0.251. The Kier molecular flexibility index (Phi) is 9.09. The van der Waals surface area contributed by atoms with Crippen LogP contribution in [0, 0.1) is 0 Å². The van der Waals surface area contributed by atoms with Crippen LogP contribution in [0.2, 0.25) is 0 Å². The summed E-state index contributed by atoms with van der Waals surface area (Å²) in [5, 5.41) is 21.4. The quantitative estimate of drug-likeness (QED) is 0.513. The number of rotatable bonds is 8. The molecule has 0 bridgehead atoms. The Morgan fingerprint density at radius 3 is 2.36 bits per heavy atom. The molecule has 10 heteroatoms. The van der Waals surface area contributed by atoms with Crippen molar-refractivity contribution >= 4 is 53.4 Å². The molecule has 1 aliphatic heterocycles. The van der Waals surface area contributed by atoms with E-state index in [0.29, 0.717) is 11.3 Å². The first-order chi connectivity index (χ1) is 12.7. The van der Waals surface area contributed by atoms with Crippen LogP contribution in [-0.2, 0) is 20.8 Å². The molecule has 1 fully saturated rings. The molecule has 0 aliphatic carbocycles. The fraction of sp³-hybridized carbons (Fsp3) is 0.444. The van der Waals surface area contributed by atoms with E-state index in [0.717, 1.165) is 10.5 Å². The number of likely N-dealkylation sites (N-methyl/N-ethyl adjacent to an activating group) is 1. The van der Waals surface area contributed by atoms with E-state index in [1.807, 2.05) is 30.3 Å². The summed E-state index contributed by atoms with van der Waals surface area (Å²) >= 11 is 0. The minimum atomic E-state index is -1.29. The van der Waals surface area contributed by atoms with Gasteiger partial charge in [-0.3, -0.25) is 14.9 Å². The van der Waals surface area contributed by atoms with Crippen molar-refractivity contribution in [3.8, 4) is 0 Å². The van der Waals surface area contributed by atoms with Gasteiger partial charge in [0.1, 0.15) is 6.04 Å². The fourth-order valence-electron chi connectivity index (χ4n) is 2.99. The van der Waals surface area contributed by atoms with Crippen molar-refractivity contribution in [3.63, 3.8) is 0 Å². The molecule has 0 unspecified atom stereocenters. The van der Waals surface area contributed by atoms with Gasteiger partial charge in [0.25, 0.3) is 0 Å². The van der Waals surface area contributed by atoms with Crippen molar-refractivity contribution in [3.05, 3.63) is 35.9 Å². The summed E-state index contributed by atoms with van der Waals surface area (Å²) in [6, 6.07) is 5.29. The molecule has 1 aromatic rings. The number of aryl methyl sites for hydroxylation is 1. The zero-order valence-corrected chi connectivity index (χ0v) is 15.2. The standard InChI is InChI=1S/C18H23N3O6.Na.H/c1-11(15(22)21-14(17(25)26)10-20(2)18(21)27)19-13(16(23)24)9-8-12-6-4-3-5-7-12;;/h3-7,11,13-14,19H,8-10H2,1-2H3,(H,23,24)(H,25,26);;/t11-,13-,14-;;/m0../s1. The van der Waals surface area contributed by atoms with Gasteiger partial charge in [-0.15, -0.1) is 0 Å². The number of imide groups is 1. The molecular weight excluding hydrogens is 377 g/mol. The Morgan fingerprint density at radius 2 is 1.82 bits per heavy atom. The zero-order valence-electron chi connectivity index (χ0n) is 15.2. The van der Waals surface area contributed by atoms with Crippen LogP contribution in [0.25, 0.3) is 0 Å². The second kappa shape index (κ2) is 10.6. The topological polar surface area (TPSA) is 127 Å². The van der Waals surface area contributed by atoms with Crippen LogP contribution in [0.3, 0.4) is 0 Å². The third-order valence-electron chi connectivity index (χ3n) is 4.50. The van der Waals surface area contributed by atoms with Gasteiger partial charge < -0.3 is 15.1 Å². The van der Waals surface area contributed by atoms with Gasteiger partial charge >= 0.3 is 47.5 Å². The first-order valence-electron chi connectivity index (χ1n) is 8.56. The molecule has 1 aliphatic rings. The third-order valence-corrected chi connectivity index (χ3v) is 4.50. The van der Waals surface area contributed by atoms with Crippen LogP contribution in [-0.4, -0.2) is 105 Å². The molecule has 0 saturated carbocycles. The van der Waals surface area contributed by atoms with Crippen LogP contribution in [0.4, 0.5) is 4.79 Å². The summed E-state index contributed by atoms with van der Waals surface area (Å²) in [6.45, 7) is 1.31. The van der Waals surface area contributed by atoms with Gasteiger partial charge in [0.15, 0.2) is 6.04 Å². The van der Waals surface area contributed by atoms with Gasteiger partial charge in [-0.25, -0.2) is 14.5 Å². The Hall–Kier alpha value is -1.94. The van der Waals surface area contributed by atoms with Crippen molar-refractivity contribution in [1.29, 1.82) is 0 Å². The maximum absolute atomic E-state index is 12.6. The average Bonchev–Trinajstić information content (AvgIpc) is 2.93. The van der Waals surface area contributed by atoms with Gasteiger partial charge in [0, 0.05) is 7.05 Å². The minimum absolute atomic E-state index is 0. The molecule has 28 heavy (non-hydrogen) atoms. The number of amides is 3. The summed E-state index contributed by atoms with van der Waals surface area (Å²) < 4.78 is 0. The summed E-state index contributed by atoms with van der Waals surface area (Å²) in [6.07, 6.45) is 0.738. The van der Waals surface area contributed by atoms with E-state index >= 15 is 0 Å². The Balaban J connectivity index is 0.00000392. The number of carboxylic acid groups (broad SMARTS) is 2. The summed E-state index contributed by atoms with van der Waals surface area (Å²) in [4.78, 5) is 49.4. The average molecular weight is 401 g/mol. The van der Waals surface area contributed by atoms with E-state index in [1.165, 1.54) is 14.0 Å². The molecule has 0 aromatic heterocycles. The summed E-state index contributed by atoms with van der Waals surface area (Å²) in [5.41, 5.74) is 0.965. The van der Waals surface area contributed by atoms with Crippen molar-refractivity contribution < 1.29 is 29.4 Å². The van der Waals surface area contributed by atoms with Crippen LogP contribution in [0.1, 0.15) is 18.9 Å². The van der Waals surface area contributed by atoms with Gasteiger partial charge in [0.05, 0.1) is 12.6 Å². The molecule has 1 aromatic carbocycles. The molecule has 3 N–H and O–H groups in total. The number of carboxylic acids is 2. The van der Waals surface area contributed by atoms with Crippen LogP contribution >= 0.6 is 0 Å². The van der Waals surface area contributed by atoms with Crippen LogP contribution in [0.5, 0.6) is 0 Å². The first-order valence-corrected chi connectivity index (χ1v) is 8.56. The summed E-state index contributed by atoms with van der Waals surface area (Å²) in [7, 11) is 1.41.